The molecule has 26 heteroatoms. The smallest absolute Gasteiger partial charge is 0.327 e. The summed E-state index contributed by atoms with van der Waals surface area (Å²) in [6.07, 6.45) is 4.59. The molecule has 0 saturated carbocycles. The van der Waals surface area contributed by atoms with Gasteiger partial charge >= 0.3 is 24.1 Å². The lowest BCUT2D eigenvalue weighted by Gasteiger charge is -2.33. The molecule has 9 heterocycles. The molecule has 26 nitrogen and oxygen atoms in total. The van der Waals surface area contributed by atoms with E-state index in [1.807, 2.05) is 0 Å². The average molecular weight is 963 g/mol. The second-order valence-electron chi connectivity index (χ2n) is 17.4. The van der Waals surface area contributed by atoms with Crippen LogP contribution in [0.25, 0.3) is 0 Å². The molecule has 0 atom stereocenters. The molecule has 8 amide bonds. The van der Waals surface area contributed by atoms with Crippen molar-refractivity contribution in [3.05, 3.63) is 0 Å². The Balaban J connectivity index is 0.000000218. The van der Waals surface area contributed by atoms with Crippen LogP contribution in [0.2, 0.25) is 0 Å². The van der Waals surface area contributed by atoms with Gasteiger partial charge in [0.25, 0.3) is 0 Å². The zero-order valence-corrected chi connectivity index (χ0v) is 38.1. The molecule has 9 saturated heterocycles. The molecule has 9 fully saturated rings. The largest absolute Gasteiger partial charge is 0.393 e. The Kier molecular flexibility index (Phi) is 19.5. The number of amides is 8. The van der Waals surface area contributed by atoms with Gasteiger partial charge in [0.15, 0.2) is 24.7 Å². The summed E-state index contributed by atoms with van der Waals surface area (Å²) in [7, 11) is 0. The van der Waals surface area contributed by atoms with Crippen LogP contribution in [0.5, 0.6) is 0 Å². The van der Waals surface area contributed by atoms with Gasteiger partial charge in [-0.1, -0.05) is 0 Å². The Labute approximate surface area is 389 Å². The van der Waals surface area contributed by atoms with Crippen molar-refractivity contribution in [2.75, 3.05) is 120 Å². The Morgan fingerprint density at radius 2 is 0.537 bits per heavy atom. The lowest BCUT2D eigenvalue weighted by molar-refractivity contribution is -0.101. The van der Waals surface area contributed by atoms with Gasteiger partial charge in [0.05, 0.1) is 30.5 Å². The van der Waals surface area contributed by atoms with Crippen LogP contribution in [0, 0.1) is 0 Å². The Hall–Kier alpha value is -3.48. The van der Waals surface area contributed by atoms with Crippen molar-refractivity contribution in [1.29, 1.82) is 0 Å². The molecular formula is C41H70N8O18. The molecule has 5 N–H and O–H groups in total. The zero-order chi connectivity index (χ0) is 47.3. The average Bonchev–Trinajstić information content (AvgIpc) is 4.00. The molecule has 9 rings (SSSR count). The van der Waals surface area contributed by atoms with Crippen LogP contribution in [-0.2, 0) is 42.6 Å². The first kappa shape index (κ1) is 51.4. The number of hydrogen-bond acceptors (Lipinski definition) is 18. The van der Waals surface area contributed by atoms with Gasteiger partial charge in [0.2, 0.25) is 0 Å². The van der Waals surface area contributed by atoms with Crippen molar-refractivity contribution < 1.29 is 87.3 Å². The number of hydrogen-bond donors (Lipinski definition) is 5. The molecule has 382 valence electrons. The maximum Gasteiger partial charge on any atom is 0.327 e. The van der Waals surface area contributed by atoms with Crippen molar-refractivity contribution in [2.24, 2.45) is 0 Å². The van der Waals surface area contributed by atoms with Crippen LogP contribution >= 0.6 is 0 Å². The molecule has 9 aliphatic heterocycles. The highest BCUT2D eigenvalue weighted by Gasteiger charge is 2.61. The molecule has 9 aliphatic rings. The summed E-state index contributed by atoms with van der Waals surface area (Å²) in [6.45, 7) is 4.14. The van der Waals surface area contributed by atoms with Crippen LogP contribution < -0.4 is 0 Å². The summed E-state index contributed by atoms with van der Waals surface area (Å²) in [6, 6.07) is -1.83. The maximum atomic E-state index is 14.0. The third-order valence-electron chi connectivity index (χ3n) is 13.3. The fourth-order valence-corrected chi connectivity index (χ4v) is 9.43. The van der Waals surface area contributed by atoms with Gasteiger partial charge in [-0.2, -0.15) is 0 Å². The molecule has 0 spiro atoms. The van der Waals surface area contributed by atoms with E-state index in [4.69, 9.17) is 68.2 Å². The number of rotatable bonds is 16. The van der Waals surface area contributed by atoms with Crippen molar-refractivity contribution in [3.8, 4) is 0 Å². The predicted octanol–water partition coefficient (Wildman–Crippen LogP) is -1.20. The minimum absolute atomic E-state index is 0.00506. The topological polar surface area (TPSA) is 278 Å². The maximum absolute atomic E-state index is 14.0. The van der Waals surface area contributed by atoms with Crippen LogP contribution in [0.1, 0.15) is 64.2 Å². The summed E-state index contributed by atoms with van der Waals surface area (Å²) in [5.74, 6) is 0. The number of carbonyl (C=O) groups excluding carboxylic acids is 4. The van der Waals surface area contributed by atoms with Gasteiger partial charge in [-0.05, 0) is 64.2 Å². The van der Waals surface area contributed by atoms with Gasteiger partial charge < -0.3 is 68.2 Å². The lowest BCUT2D eigenvalue weighted by Crippen LogP contribution is -2.49. The zero-order valence-electron chi connectivity index (χ0n) is 38.1. The minimum Gasteiger partial charge on any atom is -0.393 e. The van der Waals surface area contributed by atoms with Crippen LogP contribution in [0.4, 0.5) is 19.2 Å². The highest BCUT2D eigenvalue weighted by molar-refractivity contribution is 5.85. The third kappa shape index (κ3) is 12.3. The summed E-state index contributed by atoms with van der Waals surface area (Å²) in [5, 5.41) is 45.4. The van der Waals surface area contributed by atoms with Gasteiger partial charge in [-0.15, -0.1) is 0 Å². The third-order valence-corrected chi connectivity index (χ3v) is 13.3. The second-order valence-corrected chi connectivity index (χ2v) is 17.4. The molecule has 0 aromatic carbocycles. The van der Waals surface area contributed by atoms with Gasteiger partial charge in [0.1, 0.15) is 53.8 Å². The van der Waals surface area contributed by atoms with Gasteiger partial charge in [-0.3, -0.25) is 39.2 Å². The van der Waals surface area contributed by atoms with Crippen LogP contribution in [-0.4, -0.2) is 264 Å². The van der Waals surface area contributed by atoms with E-state index in [1.165, 1.54) is 0 Å². The molecule has 0 bridgehead atoms. The lowest BCUT2D eigenvalue weighted by atomic mass is 10.2. The SMILES string of the molecule is O=C1N(CO)C2C(N1CO)N(CO)C(=O)N2CO.O=C1N(COC2CCOCC2)C2C(N1COC1CCOCC1)N(COC1CCOCC1)C(=O)N2COC1CCOCC1.OC1CCOCC1. The molecular weight excluding hydrogens is 892 g/mol. The van der Waals surface area contributed by atoms with E-state index in [0.717, 1.165) is 97.0 Å². The molecule has 0 aliphatic carbocycles. The Morgan fingerprint density at radius 3 is 0.731 bits per heavy atom. The predicted molar refractivity (Wildman–Crippen MR) is 225 cm³/mol. The van der Waals surface area contributed by atoms with Crippen molar-refractivity contribution in [3.63, 3.8) is 0 Å². The van der Waals surface area contributed by atoms with E-state index in [2.05, 4.69) is 0 Å². The fraction of sp³-hybridized carbons (Fsp3) is 0.902. The van der Waals surface area contributed by atoms with Crippen molar-refractivity contribution in [2.45, 2.75) is 119 Å². The van der Waals surface area contributed by atoms with E-state index >= 15 is 0 Å². The van der Waals surface area contributed by atoms with Gasteiger partial charge in [0, 0.05) is 66.1 Å². The monoisotopic (exact) mass is 962 g/mol. The van der Waals surface area contributed by atoms with E-state index in [0.29, 0.717) is 52.9 Å². The quantitative estimate of drug-likeness (QED) is 0.121. The second kappa shape index (κ2) is 25.4. The van der Waals surface area contributed by atoms with Gasteiger partial charge in [-0.25, -0.2) is 19.2 Å². The number of carbonyl (C=O) groups is 4. The number of aliphatic hydroxyl groups excluding tert-OH is 5. The summed E-state index contributed by atoms with van der Waals surface area (Å²) in [5.41, 5.74) is 0. The summed E-state index contributed by atoms with van der Waals surface area (Å²) < 4.78 is 51.9. The number of fused-ring (bicyclic) bond motifs is 2. The van der Waals surface area contributed by atoms with E-state index in [9.17, 15) is 19.2 Å². The normalized spacial score (nSPS) is 28.4. The standard InChI is InChI=1S/C28H46N4O10.C8H14N4O6.C5H10O2/c33-27-29(17-39-21-1-9-35-10-2-21)25-26(31(27)19-41-23-5-13-37-14-6-23)32(20-42-24-7-15-38-16-8-24)28(34)30(25)18-40-22-3-11-36-12-4-22;13-1-9-5-6(11(3-15)7(9)17)12(4-16)8(18)10(5)2-14;6-5-1-3-7-4-2-5/h21-26H,1-20H2;5-6,13-16H,1-4H2;5-6H,1-4H2. The first-order chi connectivity index (χ1) is 32.7. The first-order valence-corrected chi connectivity index (χ1v) is 23.5. The molecule has 0 aromatic rings. The summed E-state index contributed by atoms with van der Waals surface area (Å²) in [4.78, 5) is 62.0. The van der Waals surface area contributed by atoms with E-state index in [1.54, 1.807) is 19.6 Å². The van der Waals surface area contributed by atoms with Crippen molar-refractivity contribution >= 4 is 24.1 Å². The van der Waals surface area contributed by atoms with E-state index < -0.39 is 63.6 Å². The Morgan fingerprint density at radius 1 is 0.343 bits per heavy atom. The molecule has 0 unspecified atom stereocenters. The molecule has 0 aromatic heterocycles. The molecule has 67 heavy (non-hydrogen) atoms. The highest BCUT2D eigenvalue weighted by Crippen LogP contribution is 2.37. The Bertz CT molecular complexity index is 1370. The van der Waals surface area contributed by atoms with E-state index in [-0.39, 0.29) is 69.5 Å². The molecule has 0 radical (unpaired) electrons. The first-order valence-electron chi connectivity index (χ1n) is 23.5. The number of aliphatic hydroxyl groups is 5. The van der Waals surface area contributed by atoms with Crippen molar-refractivity contribution in [1.82, 2.24) is 39.2 Å². The number of nitrogens with zero attached hydrogens (tertiary/aromatic N) is 8. The number of urea groups is 4. The summed E-state index contributed by atoms with van der Waals surface area (Å²) >= 11 is 0. The van der Waals surface area contributed by atoms with Crippen LogP contribution in [0.3, 0.4) is 0 Å². The number of ether oxygens (including phenoxy) is 9. The highest BCUT2D eigenvalue weighted by atomic mass is 16.5. The fourth-order valence-electron chi connectivity index (χ4n) is 9.43. The minimum atomic E-state index is -0.945. The van der Waals surface area contributed by atoms with Crippen LogP contribution in [0.15, 0.2) is 0 Å².